The molecule has 0 bridgehead atoms. The second kappa shape index (κ2) is 8.73. The van der Waals surface area contributed by atoms with E-state index >= 15 is 0 Å². The first kappa shape index (κ1) is 20.7. The Kier molecular flexibility index (Phi) is 5.64. The first-order valence-electron chi connectivity index (χ1n) is 10.5. The molecule has 1 aliphatic carbocycles. The lowest BCUT2D eigenvalue weighted by atomic mass is 10.2. The predicted octanol–water partition coefficient (Wildman–Crippen LogP) is 1.02. The number of nitrogens with one attached hydrogen (secondary N) is 4. The molecule has 1 saturated carbocycles. The van der Waals surface area contributed by atoms with Crippen LogP contribution in [0, 0.1) is 0 Å². The van der Waals surface area contributed by atoms with Gasteiger partial charge in [0.2, 0.25) is 0 Å². The number of fused-ring (bicyclic) bond motifs is 1. The van der Waals surface area contributed by atoms with Gasteiger partial charge in [0.15, 0.2) is 5.65 Å². The zero-order valence-corrected chi connectivity index (χ0v) is 18.6. The number of H-pyrrole nitrogens is 2. The standard InChI is InChI=1S/C22H25N7O2S/c1-13-17(28-22(30)25-13)9-14-11-24-29-20(26-15-3-4-15)10-18(27-21(14)29)19-6-5-16(32-19)12-23-7-8-31-2/h5-6,9-11,15,23,26H,1,3-4,7-8,12H2,2H3,(H2,25,28,30)/b17-9-. The van der Waals surface area contributed by atoms with E-state index in [9.17, 15) is 4.79 Å². The van der Waals surface area contributed by atoms with E-state index in [4.69, 9.17) is 9.72 Å². The molecule has 0 aliphatic heterocycles. The molecule has 1 aliphatic rings. The summed E-state index contributed by atoms with van der Waals surface area (Å²) in [5, 5.41) is 12.6. The molecule has 166 valence electrons. The Balaban J connectivity index is 1.54. The lowest BCUT2D eigenvalue weighted by molar-refractivity contribution is 0.199. The van der Waals surface area contributed by atoms with Crippen LogP contribution in [0.3, 0.4) is 0 Å². The Morgan fingerprint density at radius 1 is 1.38 bits per heavy atom. The number of hydrogen-bond acceptors (Lipinski definition) is 7. The minimum Gasteiger partial charge on any atom is -0.383 e. The van der Waals surface area contributed by atoms with Crippen LogP contribution >= 0.6 is 11.3 Å². The van der Waals surface area contributed by atoms with Gasteiger partial charge in [0, 0.05) is 42.7 Å². The van der Waals surface area contributed by atoms with Crippen molar-refractivity contribution >= 4 is 35.5 Å². The number of aromatic amines is 2. The van der Waals surface area contributed by atoms with Crippen LogP contribution in [-0.2, 0) is 11.3 Å². The SMILES string of the molecule is C=c1[nH]c(=O)[nH]/c1=C\c1cnn2c(NC3CC3)cc(-c3ccc(CNCCOC)s3)nc12. The summed E-state index contributed by atoms with van der Waals surface area (Å²) in [6, 6.07) is 6.76. The van der Waals surface area contributed by atoms with Gasteiger partial charge in [0.25, 0.3) is 0 Å². The predicted molar refractivity (Wildman–Crippen MR) is 126 cm³/mol. The van der Waals surface area contributed by atoms with Crippen LogP contribution in [0.1, 0.15) is 23.3 Å². The normalized spacial score (nSPS) is 14.5. The maximum absolute atomic E-state index is 11.6. The van der Waals surface area contributed by atoms with E-state index in [1.165, 1.54) is 4.88 Å². The minimum absolute atomic E-state index is 0.285. The fourth-order valence-corrected chi connectivity index (χ4v) is 4.39. The Labute approximate surface area is 187 Å². The van der Waals surface area contributed by atoms with Gasteiger partial charge in [-0.2, -0.15) is 9.61 Å². The quantitative estimate of drug-likeness (QED) is 0.283. The van der Waals surface area contributed by atoms with Crippen molar-refractivity contribution in [2.24, 2.45) is 0 Å². The van der Waals surface area contributed by atoms with E-state index in [1.54, 1.807) is 24.6 Å². The number of methoxy groups -OCH3 is 1. The van der Waals surface area contributed by atoms with Gasteiger partial charge in [-0.1, -0.05) is 6.58 Å². The summed E-state index contributed by atoms with van der Waals surface area (Å²) in [5.74, 6) is 0.915. The maximum Gasteiger partial charge on any atom is 0.323 e. The third kappa shape index (κ3) is 4.38. The van der Waals surface area contributed by atoms with Crippen molar-refractivity contribution in [2.75, 3.05) is 25.6 Å². The molecule has 4 N–H and O–H groups in total. The number of rotatable bonds is 9. The summed E-state index contributed by atoms with van der Waals surface area (Å²) in [6.07, 6.45) is 5.92. The number of nitrogens with zero attached hydrogens (tertiary/aromatic N) is 3. The number of anilines is 1. The highest BCUT2D eigenvalue weighted by molar-refractivity contribution is 7.15. The molecule has 4 heterocycles. The molecule has 0 unspecified atom stereocenters. The van der Waals surface area contributed by atoms with Crippen LogP contribution in [0.2, 0.25) is 0 Å². The first-order chi connectivity index (χ1) is 15.6. The van der Waals surface area contributed by atoms with Crippen LogP contribution in [0.5, 0.6) is 0 Å². The van der Waals surface area contributed by atoms with Crippen LogP contribution in [0.15, 0.2) is 29.2 Å². The van der Waals surface area contributed by atoms with Crippen LogP contribution in [0.4, 0.5) is 5.82 Å². The van der Waals surface area contributed by atoms with E-state index in [-0.39, 0.29) is 5.69 Å². The molecule has 0 atom stereocenters. The van der Waals surface area contributed by atoms with Crippen LogP contribution in [-0.4, -0.2) is 50.9 Å². The lowest BCUT2D eigenvalue weighted by Gasteiger charge is -2.09. The van der Waals surface area contributed by atoms with Gasteiger partial charge in [-0.25, -0.2) is 9.78 Å². The maximum atomic E-state index is 11.6. The van der Waals surface area contributed by atoms with Gasteiger partial charge < -0.3 is 25.3 Å². The fraction of sp³-hybridized carbons (Fsp3) is 0.318. The summed E-state index contributed by atoms with van der Waals surface area (Å²) in [5.41, 5.74) is 2.14. The molecule has 9 nitrogen and oxygen atoms in total. The molecular formula is C22H25N7O2S. The van der Waals surface area contributed by atoms with Crippen LogP contribution < -0.4 is 27.0 Å². The highest BCUT2D eigenvalue weighted by Gasteiger charge is 2.23. The monoisotopic (exact) mass is 451 g/mol. The van der Waals surface area contributed by atoms with Crippen molar-refractivity contribution in [2.45, 2.75) is 25.4 Å². The summed E-state index contributed by atoms with van der Waals surface area (Å²) in [4.78, 5) is 24.3. The van der Waals surface area contributed by atoms with Crippen molar-refractivity contribution < 1.29 is 4.74 Å². The average molecular weight is 452 g/mol. The molecule has 0 spiro atoms. The summed E-state index contributed by atoms with van der Waals surface area (Å²) in [6.45, 7) is 6.18. The van der Waals surface area contributed by atoms with E-state index in [1.807, 2.05) is 10.6 Å². The lowest BCUT2D eigenvalue weighted by Crippen LogP contribution is -2.22. The Hall–Kier alpha value is -3.21. The molecule has 0 amide bonds. The van der Waals surface area contributed by atoms with Crippen molar-refractivity contribution in [1.82, 2.24) is 29.9 Å². The number of aromatic nitrogens is 5. The Morgan fingerprint density at radius 3 is 3.00 bits per heavy atom. The number of hydrogen-bond donors (Lipinski definition) is 4. The number of ether oxygens (including phenoxy) is 1. The summed E-state index contributed by atoms with van der Waals surface area (Å²) >= 11 is 1.72. The van der Waals surface area contributed by atoms with Crippen molar-refractivity contribution in [1.29, 1.82) is 0 Å². The van der Waals surface area contributed by atoms with E-state index in [0.717, 1.165) is 53.5 Å². The Morgan fingerprint density at radius 2 is 2.25 bits per heavy atom. The zero-order chi connectivity index (χ0) is 22.1. The summed E-state index contributed by atoms with van der Waals surface area (Å²) in [7, 11) is 1.70. The molecule has 5 rings (SSSR count). The highest BCUT2D eigenvalue weighted by Crippen LogP contribution is 2.32. The second-order valence-electron chi connectivity index (χ2n) is 7.83. The number of thiophene rings is 1. The molecule has 32 heavy (non-hydrogen) atoms. The fourth-order valence-electron chi connectivity index (χ4n) is 3.46. The molecule has 1 fully saturated rings. The minimum atomic E-state index is -0.285. The second-order valence-corrected chi connectivity index (χ2v) is 9.00. The number of imidazole rings is 1. The van der Waals surface area contributed by atoms with Crippen LogP contribution in [0.25, 0.3) is 28.9 Å². The van der Waals surface area contributed by atoms with Crippen molar-refractivity contribution in [3.8, 4) is 10.6 Å². The van der Waals surface area contributed by atoms with Gasteiger partial charge in [-0.15, -0.1) is 11.3 Å². The molecule has 4 aromatic heterocycles. The van der Waals surface area contributed by atoms with E-state index in [2.05, 4.69) is 50.5 Å². The molecule has 0 radical (unpaired) electrons. The van der Waals surface area contributed by atoms with Crippen molar-refractivity contribution in [3.63, 3.8) is 0 Å². The molecular weight excluding hydrogens is 426 g/mol. The average Bonchev–Trinajstić information content (AvgIpc) is 3.16. The van der Waals surface area contributed by atoms with Gasteiger partial charge in [0.1, 0.15) is 5.82 Å². The third-order valence-corrected chi connectivity index (χ3v) is 6.37. The van der Waals surface area contributed by atoms with Gasteiger partial charge in [-0.3, -0.25) is 0 Å². The molecule has 4 aromatic rings. The Bertz CT molecular complexity index is 1410. The molecule has 0 aromatic carbocycles. The largest absolute Gasteiger partial charge is 0.383 e. The first-order valence-corrected chi connectivity index (χ1v) is 11.4. The summed E-state index contributed by atoms with van der Waals surface area (Å²) < 4.78 is 6.91. The zero-order valence-electron chi connectivity index (χ0n) is 17.8. The molecule has 10 heteroatoms. The van der Waals surface area contributed by atoms with E-state index < -0.39 is 0 Å². The third-order valence-electron chi connectivity index (χ3n) is 5.26. The van der Waals surface area contributed by atoms with E-state index in [0.29, 0.717) is 23.3 Å². The van der Waals surface area contributed by atoms with Gasteiger partial charge >= 0.3 is 5.69 Å². The van der Waals surface area contributed by atoms with Gasteiger partial charge in [-0.05, 0) is 31.1 Å². The van der Waals surface area contributed by atoms with Crippen molar-refractivity contribution in [3.05, 3.63) is 56.0 Å². The smallest absolute Gasteiger partial charge is 0.323 e. The topological polar surface area (TPSA) is 112 Å². The highest BCUT2D eigenvalue weighted by atomic mass is 32.1. The molecule has 0 saturated heterocycles. The van der Waals surface area contributed by atoms with Gasteiger partial charge in [0.05, 0.1) is 34.1 Å².